The van der Waals surface area contributed by atoms with E-state index in [0.717, 1.165) is 38.5 Å². The molecule has 1 aliphatic rings. The Hall–Kier alpha value is -1.16. The number of ether oxygens (including phenoxy) is 2. The van der Waals surface area contributed by atoms with Crippen LogP contribution in [0.2, 0.25) is 0 Å². The van der Waals surface area contributed by atoms with Gasteiger partial charge in [0.05, 0.1) is 25.4 Å². The van der Waals surface area contributed by atoms with Crippen LogP contribution in [0.4, 0.5) is 0 Å². The van der Waals surface area contributed by atoms with E-state index >= 15 is 0 Å². The van der Waals surface area contributed by atoms with Crippen molar-refractivity contribution in [1.29, 1.82) is 0 Å². The van der Waals surface area contributed by atoms with Crippen molar-refractivity contribution in [3.05, 3.63) is 12.2 Å². The number of unbranched alkanes of at least 4 members (excludes halogenated alkanes) is 27. The van der Waals surface area contributed by atoms with E-state index in [2.05, 4.69) is 23.3 Å². The van der Waals surface area contributed by atoms with E-state index in [-0.39, 0.29) is 18.9 Å². The van der Waals surface area contributed by atoms with Gasteiger partial charge in [-0.05, 0) is 19.3 Å². The zero-order chi connectivity index (χ0) is 42.0. The summed E-state index contributed by atoms with van der Waals surface area (Å²) in [6.07, 6.45) is 29.6. The van der Waals surface area contributed by atoms with Gasteiger partial charge in [0, 0.05) is 6.42 Å². The second-order valence-electron chi connectivity index (χ2n) is 16.4. The molecule has 1 aliphatic heterocycles. The van der Waals surface area contributed by atoms with E-state index in [9.17, 15) is 33.6 Å². The SMILES string of the molecule is CCCCCCCCCCCCCCCCCC/C=C/C(O)C(COC1OC(CO)C(O)C(OS(=O)(=O)O)C1O)NC(=O)CCCCCCCCCCCCCC. The van der Waals surface area contributed by atoms with Crippen molar-refractivity contribution in [3.63, 3.8) is 0 Å². The van der Waals surface area contributed by atoms with Gasteiger partial charge in [0.1, 0.15) is 24.4 Å². The molecule has 0 bridgehead atoms. The van der Waals surface area contributed by atoms with E-state index in [1.807, 2.05) is 6.08 Å². The molecule has 7 atom stereocenters. The lowest BCUT2D eigenvalue weighted by Crippen LogP contribution is -2.61. The molecule has 12 nitrogen and oxygen atoms in total. The molecular weight excluding hydrogens is 751 g/mol. The third-order valence-electron chi connectivity index (χ3n) is 11.1. The maximum absolute atomic E-state index is 13.0. The van der Waals surface area contributed by atoms with E-state index in [1.54, 1.807) is 6.08 Å². The first kappa shape index (κ1) is 53.9. The van der Waals surface area contributed by atoms with Gasteiger partial charge in [0.25, 0.3) is 0 Å². The van der Waals surface area contributed by atoms with Crippen molar-refractivity contribution in [2.24, 2.45) is 0 Å². The molecule has 0 aromatic heterocycles. The van der Waals surface area contributed by atoms with E-state index in [0.29, 0.717) is 6.42 Å². The number of aliphatic hydroxyl groups excluding tert-OH is 4. The van der Waals surface area contributed by atoms with E-state index in [1.165, 1.54) is 141 Å². The third kappa shape index (κ3) is 28.9. The summed E-state index contributed by atoms with van der Waals surface area (Å²) < 4.78 is 47.5. The molecule has 1 amide bonds. The number of allylic oxidation sites excluding steroid dienone is 1. The highest BCUT2D eigenvalue weighted by molar-refractivity contribution is 7.80. The first-order chi connectivity index (χ1) is 27.5. The van der Waals surface area contributed by atoms with Crippen LogP contribution in [0.25, 0.3) is 0 Å². The molecule has 0 radical (unpaired) electrons. The monoisotopic (exact) mass is 836 g/mol. The average molecular weight is 836 g/mol. The predicted octanol–water partition coefficient (Wildman–Crippen LogP) is 8.77. The van der Waals surface area contributed by atoms with Gasteiger partial charge in [-0.25, -0.2) is 4.18 Å². The molecule has 1 saturated heterocycles. The third-order valence-corrected chi connectivity index (χ3v) is 11.5. The van der Waals surface area contributed by atoms with Crippen LogP contribution in [0.3, 0.4) is 0 Å². The predicted molar refractivity (Wildman–Crippen MR) is 227 cm³/mol. The van der Waals surface area contributed by atoms with Crippen LogP contribution in [0.5, 0.6) is 0 Å². The van der Waals surface area contributed by atoms with Gasteiger partial charge >= 0.3 is 10.4 Å². The Labute approximate surface area is 347 Å². The van der Waals surface area contributed by atoms with Gasteiger partial charge in [-0.15, -0.1) is 0 Å². The maximum atomic E-state index is 13.0. The van der Waals surface area contributed by atoms with Crippen LogP contribution in [0.15, 0.2) is 12.2 Å². The van der Waals surface area contributed by atoms with Crippen LogP contribution >= 0.6 is 0 Å². The lowest BCUT2D eigenvalue weighted by Gasteiger charge is -2.41. The fraction of sp³-hybridized carbons (Fsp3) is 0.932. The highest BCUT2D eigenvalue weighted by Gasteiger charge is 2.48. The molecule has 338 valence electrons. The van der Waals surface area contributed by atoms with Crippen molar-refractivity contribution in [1.82, 2.24) is 5.32 Å². The van der Waals surface area contributed by atoms with Crippen molar-refractivity contribution >= 4 is 16.3 Å². The van der Waals surface area contributed by atoms with Crippen LogP contribution in [-0.2, 0) is 28.9 Å². The maximum Gasteiger partial charge on any atom is 0.397 e. The van der Waals surface area contributed by atoms with Gasteiger partial charge in [0.15, 0.2) is 6.29 Å². The molecule has 57 heavy (non-hydrogen) atoms. The number of carbonyl (C=O) groups excluding carboxylic acids is 1. The molecule has 1 heterocycles. The number of rotatable bonds is 39. The van der Waals surface area contributed by atoms with Gasteiger partial charge in [-0.1, -0.05) is 193 Å². The Morgan fingerprint density at radius 2 is 1.11 bits per heavy atom. The number of aliphatic hydroxyl groups is 4. The molecule has 7 unspecified atom stereocenters. The molecule has 0 spiro atoms. The minimum Gasteiger partial charge on any atom is -0.394 e. The van der Waals surface area contributed by atoms with Crippen LogP contribution < -0.4 is 5.32 Å². The van der Waals surface area contributed by atoms with Crippen LogP contribution in [0.1, 0.15) is 206 Å². The molecule has 0 aliphatic carbocycles. The summed E-state index contributed by atoms with van der Waals surface area (Å²) in [4.78, 5) is 13.0. The number of amides is 1. The quantitative estimate of drug-likeness (QED) is 0.0197. The topological polar surface area (TPSA) is 192 Å². The van der Waals surface area contributed by atoms with Gasteiger partial charge < -0.3 is 35.2 Å². The Morgan fingerprint density at radius 1 is 0.684 bits per heavy atom. The number of hydrogen-bond donors (Lipinski definition) is 6. The minimum atomic E-state index is -5.08. The Balaban J connectivity index is 2.52. The summed E-state index contributed by atoms with van der Waals surface area (Å²) in [5, 5.41) is 44.7. The van der Waals surface area contributed by atoms with Crippen LogP contribution in [0, 0.1) is 0 Å². The Morgan fingerprint density at radius 3 is 1.53 bits per heavy atom. The molecule has 0 aromatic rings. The Bertz CT molecular complexity index is 1080. The summed E-state index contributed by atoms with van der Waals surface area (Å²) in [6.45, 7) is 3.38. The van der Waals surface area contributed by atoms with Crippen LogP contribution in [-0.4, -0.2) is 95.4 Å². The smallest absolute Gasteiger partial charge is 0.394 e. The molecular formula is C44H85NO11S. The summed E-state index contributed by atoms with van der Waals surface area (Å²) in [5.74, 6) is -0.262. The van der Waals surface area contributed by atoms with Crippen molar-refractivity contribution in [3.8, 4) is 0 Å². The molecule has 6 N–H and O–H groups in total. The number of carbonyl (C=O) groups is 1. The van der Waals surface area contributed by atoms with Crippen molar-refractivity contribution < 1.29 is 51.8 Å². The number of nitrogens with one attached hydrogen (secondary N) is 1. The van der Waals surface area contributed by atoms with E-state index < -0.39 is 59.9 Å². The molecule has 13 heteroatoms. The average Bonchev–Trinajstić information content (AvgIpc) is 3.18. The van der Waals surface area contributed by atoms with Crippen molar-refractivity contribution in [2.75, 3.05) is 13.2 Å². The second-order valence-corrected chi connectivity index (χ2v) is 17.4. The minimum absolute atomic E-state index is 0.262. The fourth-order valence-electron chi connectivity index (χ4n) is 7.45. The Kier molecular flexibility index (Phi) is 33.6. The van der Waals surface area contributed by atoms with Gasteiger partial charge in [-0.2, -0.15) is 8.42 Å². The van der Waals surface area contributed by atoms with Crippen molar-refractivity contribution in [2.45, 2.75) is 249 Å². The molecule has 0 saturated carbocycles. The molecule has 1 fully saturated rings. The standard InChI is InChI=1S/C44H85NO11S/c1-3-5-7-9-11-13-15-17-18-19-20-21-22-23-25-27-29-31-33-38(47)37(45-40(48)34-32-30-28-26-24-16-14-12-10-8-6-4-2)36-54-44-42(50)43(56-57(51,52)53)41(49)39(35-46)55-44/h31,33,37-39,41-44,46-47,49-50H,3-30,32,34-36H2,1-2H3,(H,45,48)(H,51,52,53)/b33-31+. The lowest BCUT2D eigenvalue weighted by atomic mass is 9.99. The first-order valence-electron chi connectivity index (χ1n) is 23.1. The van der Waals surface area contributed by atoms with Gasteiger partial charge in [0.2, 0.25) is 5.91 Å². The highest BCUT2D eigenvalue weighted by atomic mass is 32.3. The summed E-state index contributed by atoms with van der Waals surface area (Å²) >= 11 is 0. The second kappa shape index (κ2) is 35.6. The highest BCUT2D eigenvalue weighted by Crippen LogP contribution is 2.26. The zero-order valence-corrected chi connectivity index (χ0v) is 36.7. The fourth-order valence-corrected chi connectivity index (χ4v) is 7.96. The number of hydrogen-bond acceptors (Lipinski definition) is 10. The molecule has 0 aromatic carbocycles. The first-order valence-corrected chi connectivity index (χ1v) is 24.4. The summed E-state index contributed by atoms with van der Waals surface area (Å²) in [6, 6.07) is -0.937. The summed E-state index contributed by atoms with van der Waals surface area (Å²) in [7, 11) is -5.08. The zero-order valence-electron chi connectivity index (χ0n) is 35.9. The summed E-state index contributed by atoms with van der Waals surface area (Å²) in [5.41, 5.74) is 0. The van der Waals surface area contributed by atoms with E-state index in [4.69, 9.17) is 14.0 Å². The largest absolute Gasteiger partial charge is 0.397 e. The normalized spacial score (nSPS) is 21.3. The van der Waals surface area contributed by atoms with Gasteiger partial charge in [-0.3, -0.25) is 9.35 Å². The molecule has 1 rings (SSSR count). The lowest BCUT2D eigenvalue weighted by molar-refractivity contribution is -0.298.